The van der Waals surface area contributed by atoms with Crippen molar-refractivity contribution in [2.24, 2.45) is 0 Å². The van der Waals surface area contributed by atoms with E-state index in [0.29, 0.717) is 6.42 Å². The van der Waals surface area contributed by atoms with E-state index < -0.39 is 0 Å². The Morgan fingerprint density at radius 2 is 2.39 bits per heavy atom. The monoisotopic (exact) mass is 248 g/mol. The Hall–Kier alpha value is -1.55. The van der Waals surface area contributed by atoms with E-state index in [2.05, 4.69) is 41.4 Å². The first kappa shape index (κ1) is 12.9. The van der Waals surface area contributed by atoms with E-state index in [-0.39, 0.29) is 12.0 Å². The number of carbonyl (C=O) groups is 1. The van der Waals surface area contributed by atoms with Crippen LogP contribution < -0.4 is 10.2 Å². The van der Waals surface area contributed by atoms with Gasteiger partial charge in [0.15, 0.2) is 0 Å². The van der Waals surface area contributed by atoms with E-state index in [0.717, 1.165) is 19.6 Å². The van der Waals surface area contributed by atoms with Crippen molar-refractivity contribution in [3.05, 3.63) is 29.8 Å². The average molecular weight is 248 g/mol. The molecule has 0 bridgehead atoms. The molecule has 98 valence electrons. The molecule has 2 rings (SSSR count). The Morgan fingerprint density at radius 1 is 1.56 bits per heavy atom. The van der Waals surface area contributed by atoms with Crippen LogP contribution in [0.3, 0.4) is 0 Å². The molecule has 4 heteroatoms. The third kappa shape index (κ3) is 3.01. The zero-order valence-electron chi connectivity index (χ0n) is 11.0. The Bertz CT molecular complexity index is 420. The van der Waals surface area contributed by atoms with Gasteiger partial charge in [-0.1, -0.05) is 12.1 Å². The normalized spacial score (nSPS) is 19.7. The summed E-state index contributed by atoms with van der Waals surface area (Å²) < 4.78 is 4.77. The number of anilines is 1. The van der Waals surface area contributed by atoms with E-state index in [1.54, 1.807) is 0 Å². The van der Waals surface area contributed by atoms with E-state index >= 15 is 0 Å². The number of nitrogens with zero attached hydrogens (tertiary/aromatic N) is 1. The summed E-state index contributed by atoms with van der Waals surface area (Å²) in [5.74, 6) is -0.152. The van der Waals surface area contributed by atoms with Crippen LogP contribution in [0.15, 0.2) is 24.3 Å². The lowest BCUT2D eigenvalue weighted by atomic mass is 10.1. The van der Waals surface area contributed by atoms with E-state index in [4.69, 9.17) is 4.74 Å². The number of piperazine rings is 1. The highest BCUT2D eigenvalue weighted by atomic mass is 16.5. The molecule has 0 aliphatic carbocycles. The van der Waals surface area contributed by atoms with E-state index in [1.807, 2.05) is 0 Å². The van der Waals surface area contributed by atoms with Gasteiger partial charge in [0.1, 0.15) is 0 Å². The van der Waals surface area contributed by atoms with Crippen LogP contribution in [0.2, 0.25) is 0 Å². The summed E-state index contributed by atoms with van der Waals surface area (Å²) in [4.78, 5) is 13.7. The minimum absolute atomic E-state index is 0.152. The van der Waals surface area contributed by atoms with Gasteiger partial charge in [0.2, 0.25) is 0 Å². The Balaban J connectivity index is 2.14. The van der Waals surface area contributed by atoms with Gasteiger partial charge in [-0.15, -0.1) is 0 Å². The first-order valence-corrected chi connectivity index (χ1v) is 6.31. The average Bonchev–Trinajstić information content (AvgIpc) is 2.39. The van der Waals surface area contributed by atoms with Gasteiger partial charge >= 0.3 is 5.97 Å². The van der Waals surface area contributed by atoms with Gasteiger partial charge in [-0.25, -0.2) is 0 Å². The maximum atomic E-state index is 11.4. The van der Waals surface area contributed by atoms with Crippen LogP contribution in [0.4, 0.5) is 5.69 Å². The number of aryl methyl sites for hydroxylation is 1. The van der Waals surface area contributed by atoms with Gasteiger partial charge in [-0.2, -0.15) is 0 Å². The van der Waals surface area contributed by atoms with E-state index in [1.165, 1.54) is 18.4 Å². The van der Waals surface area contributed by atoms with Crippen LogP contribution in [-0.4, -0.2) is 38.8 Å². The highest BCUT2D eigenvalue weighted by Crippen LogP contribution is 2.21. The van der Waals surface area contributed by atoms with Crippen LogP contribution in [0.5, 0.6) is 0 Å². The number of nitrogens with one attached hydrogen (secondary N) is 1. The van der Waals surface area contributed by atoms with Crippen LogP contribution in [-0.2, 0) is 9.53 Å². The summed E-state index contributed by atoms with van der Waals surface area (Å²) in [7, 11) is 1.44. The molecule has 1 heterocycles. The molecule has 18 heavy (non-hydrogen) atoms. The quantitative estimate of drug-likeness (QED) is 0.820. The minimum Gasteiger partial charge on any atom is -0.469 e. The second kappa shape index (κ2) is 5.87. The predicted octanol–water partition coefficient (Wildman–Crippen LogP) is 1.34. The maximum Gasteiger partial charge on any atom is 0.307 e. The second-order valence-electron chi connectivity index (χ2n) is 4.67. The fraction of sp³-hybridized carbons (Fsp3) is 0.500. The van der Waals surface area contributed by atoms with Gasteiger partial charge in [-0.05, 0) is 24.6 Å². The number of benzene rings is 1. The Morgan fingerprint density at radius 3 is 3.11 bits per heavy atom. The first-order chi connectivity index (χ1) is 8.70. The SMILES string of the molecule is COC(=O)CC1CNCCN1c1cccc(C)c1. The summed E-state index contributed by atoms with van der Waals surface area (Å²) in [6, 6.07) is 8.58. The maximum absolute atomic E-state index is 11.4. The summed E-state index contributed by atoms with van der Waals surface area (Å²) in [6.45, 7) is 4.78. The fourth-order valence-electron chi connectivity index (χ4n) is 2.37. The molecule has 1 atom stereocenters. The molecule has 0 amide bonds. The number of methoxy groups -OCH3 is 1. The standard InChI is InChI=1S/C14H20N2O2/c1-11-4-3-5-12(8-11)16-7-6-15-10-13(16)9-14(17)18-2/h3-5,8,13,15H,6-7,9-10H2,1-2H3. The molecular formula is C14H20N2O2. The summed E-state index contributed by atoms with van der Waals surface area (Å²) >= 11 is 0. The lowest BCUT2D eigenvalue weighted by Crippen LogP contribution is -2.52. The summed E-state index contributed by atoms with van der Waals surface area (Å²) in [5.41, 5.74) is 2.42. The number of esters is 1. The topological polar surface area (TPSA) is 41.6 Å². The lowest BCUT2D eigenvalue weighted by molar-refractivity contribution is -0.141. The van der Waals surface area contributed by atoms with Gasteiger partial charge in [0, 0.05) is 25.3 Å². The van der Waals surface area contributed by atoms with Crippen molar-refractivity contribution in [3.8, 4) is 0 Å². The molecule has 1 N–H and O–H groups in total. The number of hydrogen-bond donors (Lipinski definition) is 1. The van der Waals surface area contributed by atoms with Gasteiger partial charge in [0.05, 0.1) is 19.6 Å². The van der Waals surface area contributed by atoms with Crippen LogP contribution in [0.1, 0.15) is 12.0 Å². The molecule has 0 aromatic heterocycles. The highest BCUT2D eigenvalue weighted by molar-refractivity contribution is 5.71. The second-order valence-corrected chi connectivity index (χ2v) is 4.67. The molecular weight excluding hydrogens is 228 g/mol. The Kier molecular flexibility index (Phi) is 4.20. The molecule has 1 aliphatic heterocycles. The van der Waals surface area contributed by atoms with Crippen LogP contribution in [0.25, 0.3) is 0 Å². The smallest absolute Gasteiger partial charge is 0.307 e. The van der Waals surface area contributed by atoms with Crippen molar-refractivity contribution < 1.29 is 9.53 Å². The molecule has 1 aromatic carbocycles. The third-order valence-electron chi connectivity index (χ3n) is 3.31. The first-order valence-electron chi connectivity index (χ1n) is 6.31. The van der Waals surface area contributed by atoms with Gasteiger partial charge in [0.25, 0.3) is 0 Å². The Labute approximate surface area is 108 Å². The predicted molar refractivity (Wildman–Crippen MR) is 71.8 cm³/mol. The van der Waals surface area contributed by atoms with Gasteiger partial charge < -0.3 is 15.0 Å². The van der Waals surface area contributed by atoms with Crippen molar-refractivity contribution in [2.75, 3.05) is 31.6 Å². The van der Waals surface area contributed by atoms with Gasteiger partial charge in [-0.3, -0.25) is 4.79 Å². The molecule has 4 nitrogen and oxygen atoms in total. The van der Waals surface area contributed by atoms with Crippen molar-refractivity contribution in [3.63, 3.8) is 0 Å². The molecule has 0 saturated carbocycles. The van der Waals surface area contributed by atoms with Crippen molar-refractivity contribution in [2.45, 2.75) is 19.4 Å². The zero-order valence-corrected chi connectivity index (χ0v) is 11.0. The van der Waals surface area contributed by atoms with Crippen LogP contribution >= 0.6 is 0 Å². The molecule has 1 fully saturated rings. The van der Waals surface area contributed by atoms with Crippen LogP contribution in [0, 0.1) is 6.92 Å². The van der Waals surface area contributed by atoms with Crippen molar-refractivity contribution in [1.29, 1.82) is 0 Å². The summed E-state index contributed by atoms with van der Waals surface area (Å²) in [5, 5.41) is 3.33. The molecule has 1 aromatic rings. The number of rotatable bonds is 3. The van der Waals surface area contributed by atoms with Crippen molar-refractivity contribution in [1.82, 2.24) is 5.32 Å². The lowest BCUT2D eigenvalue weighted by Gasteiger charge is -2.37. The van der Waals surface area contributed by atoms with Crippen molar-refractivity contribution >= 4 is 11.7 Å². The summed E-state index contributed by atoms with van der Waals surface area (Å²) in [6.07, 6.45) is 0.428. The number of ether oxygens (including phenoxy) is 1. The number of carbonyl (C=O) groups excluding carboxylic acids is 1. The molecule has 1 aliphatic rings. The molecule has 0 radical (unpaired) electrons. The number of hydrogen-bond acceptors (Lipinski definition) is 4. The van der Waals surface area contributed by atoms with E-state index in [9.17, 15) is 4.79 Å². The molecule has 1 unspecified atom stereocenters. The minimum atomic E-state index is -0.152. The highest BCUT2D eigenvalue weighted by Gasteiger charge is 2.25. The zero-order chi connectivity index (χ0) is 13.0. The molecule has 0 spiro atoms. The largest absolute Gasteiger partial charge is 0.469 e. The third-order valence-corrected chi connectivity index (χ3v) is 3.31. The fourth-order valence-corrected chi connectivity index (χ4v) is 2.37. The molecule has 1 saturated heterocycles.